The highest BCUT2D eigenvalue weighted by Crippen LogP contribution is 2.19. The van der Waals surface area contributed by atoms with Crippen LogP contribution in [0.5, 0.6) is 0 Å². The van der Waals surface area contributed by atoms with E-state index >= 15 is 0 Å². The van der Waals surface area contributed by atoms with Gasteiger partial charge in [0, 0.05) is 18.6 Å². The lowest BCUT2D eigenvalue weighted by Crippen LogP contribution is -2.48. The molecule has 17 heavy (non-hydrogen) atoms. The monoisotopic (exact) mass is 240 g/mol. The van der Waals surface area contributed by atoms with Gasteiger partial charge in [0.25, 0.3) is 0 Å². The molecule has 0 aromatic heterocycles. The minimum Gasteiger partial charge on any atom is -0.395 e. The quantitative estimate of drug-likeness (QED) is 0.795. The van der Waals surface area contributed by atoms with Crippen LogP contribution in [0.15, 0.2) is 0 Å². The number of rotatable bonds is 3. The van der Waals surface area contributed by atoms with Crippen LogP contribution in [-0.2, 0) is 4.79 Å². The van der Waals surface area contributed by atoms with Gasteiger partial charge in [-0.1, -0.05) is 0 Å². The Hall–Kier alpha value is -0.610. The molecule has 98 valence electrons. The van der Waals surface area contributed by atoms with Crippen molar-refractivity contribution in [2.75, 3.05) is 26.2 Å². The molecule has 2 aliphatic rings. The van der Waals surface area contributed by atoms with Crippen LogP contribution in [0.4, 0.5) is 0 Å². The van der Waals surface area contributed by atoms with Gasteiger partial charge in [-0.05, 0) is 45.6 Å². The molecule has 0 spiro atoms. The summed E-state index contributed by atoms with van der Waals surface area (Å²) in [7, 11) is 0. The second-order valence-electron chi connectivity index (χ2n) is 5.38. The fraction of sp³-hybridized carbons (Fsp3) is 0.923. The van der Waals surface area contributed by atoms with Crippen LogP contribution in [0.25, 0.3) is 0 Å². The van der Waals surface area contributed by atoms with Crippen LogP contribution in [0.3, 0.4) is 0 Å². The molecular formula is C13H24N2O2. The normalized spacial score (nSPS) is 30.8. The Bertz CT molecular complexity index is 270. The molecule has 0 aliphatic carbocycles. The largest absolute Gasteiger partial charge is 0.395 e. The van der Waals surface area contributed by atoms with Gasteiger partial charge in [0.15, 0.2) is 0 Å². The van der Waals surface area contributed by atoms with E-state index in [-0.39, 0.29) is 18.6 Å². The van der Waals surface area contributed by atoms with Gasteiger partial charge in [-0.25, -0.2) is 0 Å². The second-order valence-corrected chi connectivity index (χ2v) is 5.38. The van der Waals surface area contributed by atoms with Crippen molar-refractivity contribution in [2.24, 2.45) is 0 Å². The van der Waals surface area contributed by atoms with Gasteiger partial charge in [0.05, 0.1) is 13.2 Å². The third-order valence-electron chi connectivity index (χ3n) is 4.17. The number of hydrogen-bond acceptors (Lipinski definition) is 3. The number of amides is 1. The van der Waals surface area contributed by atoms with E-state index in [9.17, 15) is 9.90 Å². The number of carbonyl (C=O) groups excluding carboxylic acids is 1. The van der Waals surface area contributed by atoms with Crippen LogP contribution in [-0.4, -0.2) is 59.1 Å². The fourth-order valence-corrected chi connectivity index (χ4v) is 3.04. The number of likely N-dealkylation sites (tertiary alicyclic amines) is 2. The zero-order valence-corrected chi connectivity index (χ0v) is 10.8. The molecule has 0 saturated carbocycles. The number of hydrogen-bond donors (Lipinski definition) is 1. The minimum atomic E-state index is 0.183. The molecule has 0 aromatic carbocycles. The first-order valence-electron chi connectivity index (χ1n) is 6.86. The van der Waals surface area contributed by atoms with E-state index in [1.165, 1.54) is 6.42 Å². The van der Waals surface area contributed by atoms with Crippen molar-refractivity contribution in [1.82, 2.24) is 9.80 Å². The second kappa shape index (κ2) is 5.83. The van der Waals surface area contributed by atoms with Crippen molar-refractivity contribution in [3.8, 4) is 0 Å². The Labute approximate surface area is 104 Å². The van der Waals surface area contributed by atoms with E-state index in [1.807, 2.05) is 4.90 Å². The minimum absolute atomic E-state index is 0.183. The Morgan fingerprint density at radius 3 is 2.76 bits per heavy atom. The Morgan fingerprint density at radius 2 is 2.06 bits per heavy atom. The predicted octanol–water partition coefficient (Wildman–Crippen LogP) is 0.844. The lowest BCUT2D eigenvalue weighted by atomic mass is 10.0. The summed E-state index contributed by atoms with van der Waals surface area (Å²) in [6, 6.07) is 0.602. The smallest absolute Gasteiger partial charge is 0.236 e. The summed E-state index contributed by atoms with van der Waals surface area (Å²) in [4.78, 5) is 16.4. The SMILES string of the molecule is CC1CCCCN1C(=O)CN1CCC[C@H]1CO. The molecule has 0 bridgehead atoms. The van der Waals surface area contributed by atoms with Gasteiger partial charge in [-0.15, -0.1) is 0 Å². The van der Waals surface area contributed by atoms with Gasteiger partial charge < -0.3 is 10.0 Å². The molecule has 2 aliphatic heterocycles. The average molecular weight is 240 g/mol. The van der Waals surface area contributed by atoms with Gasteiger partial charge >= 0.3 is 0 Å². The van der Waals surface area contributed by atoms with Crippen LogP contribution in [0.1, 0.15) is 39.0 Å². The highest BCUT2D eigenvalue weighted by molar-refractivity contribution is 5.78. The van der Waals surface area contributed by atoms with Gasteiger partial charge in [-0.3, -0.25) is 9.69 Å². The molecule has 1 N–H and O–H groups in total. The molecule has 0 aromatic rings. The van der Waals surface area contributed by atoms with Crippen molar-refractivity contribution < 1.29 is 9.90 Å². The van der Waals surface area contributed by atoms with Crippen molar-refractivity contribution in [3.05, 3.63) is 0 Å². The number of aliphatic hydroxyl groups is 1. The molecule has 0 radical (unpaired) electrons. The van der Waals surface area contributed by atoms with Crippen LogP contribution >= 0.6 is 0 Å². The molecule has 2 heterocycles. The van der Waals surface area contributed by atoms with E-state index in [0.29, 0.717) is 12.6 Å². The third-order valence-corrected chi connectivity index (χ3v) is 4.17. The lowest BCUT2D eigenvalue weighted by Gasteiger charge is -2.35. The summed E-state index contributed by atoms with van der Waals surface area (Å²) in [5, 5.41) is 9.25. The summed E-state index contributed by atoms with van der Waals surface area (Å²) in [6.07, 6.45) is 5.65. The predicted molar refractivity (Wildman–Crippen MR) is 66.7 cm³/mol. The Balaban J connectivity index is 1.87. The molecule has 4 nitrogen and oxygen atoms in total. The summed E-state index contributed by atoms with van der Waals surface area (Å²) in [5.74, 6) is 0.248. The highest BCUT2D eigenvalue weighted by atomic mass is 16.3. The number of aliphatic hydroxyl groups excluding tert-OH is 1. The molecule has 2 rings (SSSR count). The van der Waals surface area contributed by atoms with E-state index in [2.05, 4.69) is 11.8 Å². The maximum absolute atomic E-state index is 12.2. The molecule has 2 atom stereocenters. The summed E-state index contributed by atoms with van der Waals surface area (Å²) >= 11 is 0. The first-order valence-corrected chi connectivity index (χ1v) is 6.86. The number of nitrogens with zero attached hydrogens (tertiary/aromatic N) is 2. The van der Waals surface area contributed by atoms with Crippen molar-refractivity contribution in [3.63, 3.8) is 0 Å². The zero-order valence-electron chi connectivity index (χ0n) is 10.8. The van der Waals surface area contributed by atoms with Gasteiger partial charge in [0.1, 0.15) is 0 Å². The topological polar surface area (TPSA) is 43.8 Å². The highest BCUT2D eigenvalue weighted by Gasteiger charge is 2.29. The number of piperidine rings is 1. The standard InChI is InChI=1S/C13H24N2O2/c1-11-5-2-3-8-15(11)13(17)9-14-7-4-6-12(14)10-16/h11-12,16H,2-10H2,1H3/t11?,12-/m0/s1. The lowest BCUT2D eigenvalue weighted by molar-refractivity contribution is -0.136. The zero-order chi connectivity index (χ0) is 12.3. The van der Waals surface area contributed by atoms with E-state index in [1.54, 1.807) is 0 Å². The van der Waals surface area contributed by atoms with Crippen molar-refractivity contribution in [1.29, 1.82) is 0 Å². The van der Waals surface area contributed by atoms with E-state index < -0.39 is 0 Å². The van der Waals surface area contributed by atoms with E-state index in [4.69, 9.17) is 0 Å². The molecule has 2 saturated heterocycles. The first kappa shape index (κ1) is 12.8. The molecular weight excluding hydrogens is 216 g/mol. The first-order chi connectivity index (χ1) is 8.22. The van der Waals surface area contributed by atoms with Crippen molar-refractivity contribution >= 4 is 5.91 Å². The van der Waals surface area contributed by atoms with Crippen LogP contribution in [0, 0.1) is 0 Å². The average Bonchev–Trinajstić information content (AvgIpc) is 2.76. The Morgan fingerprint density at radius 1 is 1.24 bits per heavy atom. The number of carbonyl (C=O) groups is 1. The maximum atomic E-state index is 12.2. The molecule has 1 amide bonds. The summed E-state index contributed by atoms with van der Waals surface area (Å²) in [5.41, 5.74) is 0. The summed E-state index contributed by atoms with van der Waals surface area (Å²) < 4.78 is 0. The van der Waals surface area contributed by atoms with Gasteiger partial charge in [-0.2, -0.15) is 0 Å². The van der Waals surface area contributed by atoms with Crippen LogP contribution < -0.4 is 0 Å². The maximum Gasteiger partial charge on any atom is 0.236 e. The summed E-state index contributed by atoms with van der Waals surface area (Å²) in [6.45, 7) is 4.69. The van der Waals surface area contributed by atoms with E-state index in [0.717, 1.165) is 38.8 Å². The van der Waals surface area contributed by atoms with Crippen LogP contribution in [0.2, 0.25) is 0 Å². The molecule has 2 fully saturated rings. The third kappa shape index (κ3) is 2.99. The Kier molecular flexibility index (Phi) is 4.40. The molecule has 1 unspecified atom stereocenters. The molecule has 4 heteroatoms. The van der Waals surface area contributed by atoms with Gasteiger partial charge in [0.2, 0.25) is 5.91 Å². The van der Waals surface area contributed by atoms with Crippen molar-refractivity contribution in [2.45, 2.75) is 51.1 Å². The fourth-order valence-electron chi connectivity index (χ4n) is 3.04.